The molecule has 0 saturated heterocycles. The van der Waals surface area contributed by atoms with E-state index in [1.54, 1.807) is 4.52 Å². The Morgan fingerprint density at radius 3 is 2.35 bits per heavy atom. The summed E-state index contributed by atoms with van der Waals surface area (Å²) >= 11 is 0. The fraction of sp³-hybridized carbons (Fsp3) is 0.208. The van der Waals surface area contributed by atoms with Gasteiger partial charge < -0.3 is 16.2 Å². The molecule has 0 radical (unpaired) electrons. The molecule has 31 heavy (non-hydrogen) atoms. The molecular weight excluding hydrogens is 390 g/mol. The van der Waals surface area contributed by atoms with Gasteiger partial charge in [0.15, 0.2) is 17.1 Å². The zero-order valence-corrected chi connectivity index (χ0v) is 17.2. The Labute approximate surface area is 179 Å². The molecule has 1 aliphatic carbocycles. The molecule has 4 N–H and O–H groups in total. The standard InChI is InChI=1S/C24H23N5O2/c1-31-19-14-18(22(25)30)28-29-21(16-6-3-2-4-7-16)20(27-23(19)29)15-8-10-17(11-9-15)24(26)12-5-13-24/h2-4,6-11,14H,5,12-13,26H2,1H3,(H2,25,30). The molecule has 0 bridgehead atoms. The van der Waals surface area contributed by atoms with E-state index in [-0.39, 0.29) is 11.2 Å². The van der Waals surface area contributed by atoms with Crippen LogP contribution in [0.5, 0.6) is 5.75 Å². The number of carbonyl (C=O) groups is 1. The van der Waals surface area contributed by atoms with Crippen LogP contribution >= 0.6 is 0 Å². The summed E-state index contributed by atoms with van der Waals surface area (Å²) < 4.78 is 7.13. The summed E-state index contributed by atoms with van der Waals surface area (Å²) in [5, 5.41) is 4.46. The molecule has 0 unspecified atom stereocenters. The first-order valence-electron chi connectivity index (χ1n) is 10.2. The molecule has 1 saturated carbocycles. The second-order valence-electron chi connectivity index (χ2n) is 7.96. The van der Waals surface area contributed by atoms with Gasteiger partial charge in [0, 0.05) is 22.7 Å². The third kappa shape index (κ3) is 3.14. The van der Waals surface area contributed by atoms with Crippen molar-refractivity contribution < 1.29 is 9.53 Å². The average Bonchev–Trinajstić information content (AvgIpc) is 3.17. The first kappa shape index (κ1) is 19.3. The molecule has 0 aliphatic heterocycles. The number of fused-ring (bicyclic) bond motifs is 1. The number of nitrogens with zero attached hydrogens (tertiary/aromatic N) is 3. The SMILES string of the molecule is COc1cc(C(N)=O)nn2c(-c3ccccc3)c(-c3ccc(C4(N)CCC4)cc3)nc12. The highest BCUT2D eigenvalue weighted by Crippen LogP contribution is 2.40. The van der Waals surface area contributed by atoms with Crippen molar-refractivity contribution in [2.24, 2.45) is 11.5 Å². The van der Waals surface area contributed by atoms with Gasteiger partial charge in [0.25, 0.3) is 5.91 Å². The van der Waals surface area contributed by atoms with Crippen molar-refractivity contribution >= 4 is 11.6 Å². The van der Waals surface area contributed by atoms with E-state index < -0.39 is 5.91 Å². The lowest BCUT2D eigenvalue weighted by Crippen LogP contribution is -2.43. The van der Waals surface area contributed by atoms with E-state index in [2.05, 4.69) is 17.2 Å². The predicted octanol–water partition coefficient (Wildman–Crippen LogP) is 3.51. The van der Waals surface area contributed by atoms with Crippen LogP contribution in [0.3, 0.4) is 0 Å². The average molecular weight is 413 g/mol. The number of aromatic nitrogens is 3. The van der Waals surface area contributed by atoms with Crippen LogP contribution in [-0.4, -0.2) is 27.6 Å². The monoisotopic (exact) mass is 413 g/mol. The number of hydrogen-bond donors (Lipinski definition) is 2. The minimum absolute atomic E-state index is 0.107. The highest BCUT2D eigenvalue weighted by Gasteiger charge is 2.34. The van der Waals surface area contributed by atoms with Crippen LogP contribution in [0.4, 0.5) is 0 Å². The van der Waals surface area contributed by atoms with Gasteiger partial charge in [0.2, 0.25) is 0 Å². The smallest absolute Gasteiger partial charge is 0.269 e. The Balaban J connectivity index is 1.75. The molecular formula is C24H23N5O2. The van der Waals surface area contributed by atoms with Crippen molar-refractivity contribution in [3.8, 4) is 28.3 Å². The lowest BCUT2D eigenvalue weighted by molar-refractivity contribution is 0.0994. The molecule has 5 rings (SSSR count). The molecule has 7 nitrogen and oxygen atoms in total. The van der Waals surface area contributed by atoms with Gasteiger partial charge >= 0.3 is 0 Å². The van der Waals surface area contributed by atoms with Gasteiger partial charge in [0.1, 0.15) is 5.69 Å². The zero-order valence-electron chi connectivity index (χ0n) is 17.2. The fourth-order valence-corrected chi connectivity index (χ4v) is 4.13. The third-order valence-electron chi connectivity index (χ3n) is 6.05. The van der Waals surface area contributed by atoms with Gasteiger partial charge in [-0.05, 0) is 24.8 Å². The van der Waals surface area contributed by atoms with Gasteiger partial charge in [0.05, 0.1) is 12.8 Å². The second kappa shape index (κ2) is 7.21. The Bertz CT molecular complexity index is 1280. The third-order valence-corrected chi connectivity index (χ3v) is 6.05. The van der Waals surface area contributed by atoms with Crippen LogP contribution in [0.25, 0.3) is 28.2 Å². The van der Waals surface area contributed by atoms with Gasteiger partial charge in [-0.1, -0.05) is 54.6 Å². The minimum atomic E-state index is -0.632. The van der Waals surface area contributed by atoms with Crippen molar-refractivity contribution in [1.82, 2.24) is 14.6 Å². The Kier molecular flexibility index (Phi) is 4.48. The largest absolute Gasteiger partial charge is 0.493 e. The maximum Gasteiger partial charge on any atom is 0.269 e. The predicted molar refractivity (Wildman–Crippen MR) is 119 cm³/mol. The number of carbonyl (C=O) groups excluding carboxylic acids is 1. The highest BCUT2D eigenvalue weighted by molar-refractivity contribution is 5.92. The maximum atomic E-state index is 11.9. The number of hydrogen-bond acceptors (Lipinski definition) is 5. The van der Waals surface area contributed by atoms with Crippen molar-refractivity contribution in [3.05, 3.63) is 71.9 Å². The minimum Gasteiger partial charge on any atom is -0.493 e. The van der Waals surface area contributed by atoms with Crippen LogP contribution in [-0.2, 0) is 5.54 Å². The second-order valence-corrected chi connectivity index (χ2v) is 7.96. The van der Waals surface area contributed by atoms with E-state index in [1.807, 2.05) is 42.5 Å². The molecule has 2 aromatic carbocycles. The molecule has 2 aromatic heterocycles. The number of primary amides is 1. The molecule has 1 aliphatic rings. The molecule has 1 fully saturated rings. The number of imidazole rings is 1. The first-order valence-corrected chi connectivity index (χ1v) is 10.2. The summed E-state index contributed by atoms with van der Waals surface area (Å²) in [4.78, 5) is 16.7. The summed E-state index contributed by atoms with van der Waals surface area (Å²) in [7, 11) is 1.53. The Morgan fingerprint density at radius 2 is 1.77 bits per heavy atom. The number of nitrogens with two attached hydrogens (primary N) is 2. The topological polar surface area (TPSA) is 109 Å². The first-order chi connectivity index (χ1) is 15.0. The van der Waals surface area contributed by atoms with Crippen LogP contribution in [0, 0.1) is 0 Å². The van der Waals surface area contributed by atoms with E-state index >= 15 is 0 Å². The van der Waals surface area contributed by atoms with Crippen LogP contribution in [0.1, 0.15) is 35.3 Å². The van der Waals surface area contributed by atoms with E-state index in [0.29, 0.717) is 11.4 Å². The molecule has 2 heterocycles. The van der Waals surface area contributed by atoms with Gasteiger partial charge in [-0.15, -0.1) is 0 Å². The van der Waals surface area contributed by atoms with E-state index in [1.165, 1.54) is 13.2 Å². The van der Waals surface area contributed by atoms with Crippen molar-refractivity contribution in [2.75, 3.05) is 7.11 Å². The number of rotatable bonds is 5. The van der Waals surface area contributed by atoms with Crippen LogP contribution < -0.4 is 16.2 Å². The molecule has 0 atom stereocenters. The highest BCUT2D eigenvalue weighted by atomic mass is 16.5. The van der Waals surface area contributed by atoms with Crippen LogP contribution in [0.15, 0.2) is 60.7 Å². The van der Waals surface area contributed by atoms with Gasteiger partial charge in [-0.2, -0.15) is 5.10 Å². The zero-order chi connectivity index (χ0) is 21.6. The van der Waals surface area contributed by atoms with Gasteiger partial charge in [-0.25, -0.2) is 9.50 Å². The lowest BCUT2D eigenvalue weighted by atomic mass is 9.72. The van der Waals surface area contributed by atoms with E-state index in [9.17, 15) is 4.79 Å². The number of amides is 1. The summed E-state index contributed by atoms with van der Waals surface area (Å²) in [5.74, 6) is -0.202. The molecule has 1 amide bonds. The lowest BCUT2D eigenvalue weighted by Gasteiger charge is -2.38. The molecule has 156 valence electrons. The van der Waals surface area contributed by atoms with Crippen molar-refractivity contribution in [2.45, 2.75) is 24.8 Å². The fourth-order valence-electron chi connectivity index (χ4n) is 4.13. The summed E-state index contributed by atoms with van der Waals surface area (Å²) in [6.45, 7) is 0. The summed E-state index contributed by atoms with van der Waals surface area (Å²) in [6, 6.07) is 19.6. The normalized spacial score (nSPS) is 14.9. The van der Waals surface area contributed by atoms with Crippen molar-refractivity contribution in [1.29, 1.82) is 0 Å². The molecule has 0 spiro atoms. The Hall–Kier alpha value is -3.71. The number of benzene rings is 2. The van der Waals surface area contributed by atoms with E-state index in [0.717, 1.165) is 47.3 Å². The Morgan fingerprint density at radius 1 is 1.06 bits per heavy atom. The number of methoxy groups -OCH3 is 1. The maximum absolute atomic E-state index is 11.9. The molecule has 4 aromatic rings. The summed E-state index contributed by atoms with van der Waals surface area (Å²) in [5.41, 5.74) is 16.9. The summed E-state index contributed by atoms with van der Waals surface area (Å²) in [6.07, 6.45) is 3.18. The quantitative estimate of drug-likeness (QED) is 0.520. The van der Waals surface area contributed by atoms with Gasteiger partial charge in [-0.3, -0.25) is 4.79 Å². The van der Waals surface area contributed by atoms with E-state index in [4.69, 9.17) is 21.2 Å². The van der Waals surface area contributed by atoms with Crippen LogP contribution in [0.2, 0.25) is 0 Å². The molecule has 7 heteroatoms. The van der Waals surface area contributed by atoms with Crippen molar-refractivity contribution in [3.63, 3.8) is 0 Å². The number of ether oxygens (including phenoxy) is 1.